The number of carbonyl (C=O) groups is 1. The van der Waals surface area contributed by atoms with Crippen molar-refractivity contribution >= 4 is 16.7 Å². The van der Waals surface area contributed by atoms with E-state index in [-0.39, 0.29) is 6.54 Å². The molecule has 26 heavy (non-hydrogen) atoms. The van der Waals surface area contributed by atoms with Gasteiger partial charge in [-0.25, -0.2) is 0 Å². The number of hydrogen-bond donors (Lipinski definition) is 1. The molecule has 0 unspecified atom stereocenters. The van der Waals surface area contributed by atoms with Crippen molar-refractivity contribution in [1.29, 1.82) is 0 Å². The van der Waals surface area contributed by atoms with Crippen LogP contribution in [0.15, 0.2) is 60.7 Å². The van der Waals surface area contributed by atoms with Gasteiger partial charge in [0, 0.05) is 6.54 Å². The van der Waals surface area contributed by atoms with Gasteiger partial charge in [-0.15, -0.1) is 0 Å². The molecule has 0 aliphatic rings. The molecule has 0 saturated heterocycles. The number of hydrogen-bond acceptors (Lipinski definition) is 2. The molecule has 0 bridgehead atoms. The summed E-state index contributed by atoms with van der Waals surface area (Å²) in [6, 6.07) is 15.9. The maximum atomic E-state index is 12.8. The van der Waals surface area contributed by atoms with Gasteiger partial charge in [-0.05, 0) is 40.6 Å². The lowest BCUT2D eigenvalue weighted by molar-refractivity contribution is -0.137. The van der Waals surface area contributed by atoms with Crippen molar-refractivity contribution in [2.75, 3.05) is 7.11 Å². The Morgan fingerprint density at radius 3 is 2.35 bits per heavy atom. The molecule has 3 nitrogen and oxygen atoms in total. The Labute approximate surface area is 148 Å². The van der Waals surface area contributed by atoms with E-state index in [9.17, 15) is 18.0 Å². The first-order valence-electron chi connectivity index (χ1n) is 7.89. The van der Waals surface area contributed by atoms with Gasteiger partial charge in [0.15, 0.2) is 0 Å². The average molecular weight is 359 g/mol. The van der Waals surface area contributed by atoms with Crippen LogP contribution in [0.1, 0.15) is 21.5 Å². The Balaban J connectivity index is 1.81. The van der Waals surface area contributed by atoms with Crippen LogP contribution in [0.2, 0.25) is 0 Å². The molecular weight excluding hydrogens is 343 g/mol. The van der Waals surface area contributed by atoms with E-state index in [1.54, 1.807) is 12.1 Å². The smallest absolute Gasteiger partial charge is 0.416 e. The molecule has 0 aliphatic carbocycles. The number of rotatable bonds is 4. The molecule has 3 aromatic rings. The summed E-state index contributed by atoms with van der Waals surface area (Å²) >= 11 is 0. The van der Waals surface area contributed by atoms with E-state index in [1.165, 1.54) is 19.2 Å². The molecule has 6 heteroatoms. The molecule has 0 aromatic heterocycles. The van der Waals surface area contributed by atoms with Crippen molar-refractivity contribution in [2.45, 2.75) is 12.7 Å². The first-order valence-corrected chi connectivity index (χ1v) is 7.89. The summed E-state index contributed by atoms with van der Waals surface area (Å²) in [6.07, 6.45) is -4.42. The summed E-state index contributed by atoms with van der Waals surface area (Å²) in [5, 5.41) is 4.45. The van der Waals surface area contributed by atoms with Crippen molar-refractivity contribution in [1.82, 2.24) is 5.32 Å². The van der Waals surface area contributed by atoms with E-state index in [0.717, 1.165) is 22.9 Å². The molecule has 0 heterocycles. The van der Waals surface area contributed by atoms with Crippen LogP contribution in [-0.4, -0.2) is 13.0 Å². The lowest BCUT2D eigenvalue weighted by Crippen LogP contribution is -2.23. The summed E-state index contributed by atoms with van der Waals surface area (Å²) in [5.74, 6) is -0.00439. The van der Waals surface area contributed by atoms with Crippen molar-refractivity contribution in [3.8, 4) is 5.75 Å². The van der Waals surface area contributed by atoms with Crippen LogP contribution in [-0.2, 0) is 12.7 Å². The van der Waals surface area contributed by atoms with Crippen molar-refractivity contribution < 1.29 is 22.7 Å². The average Bonchev–Trinajstić information content (AvgIpc) is 2.64. The Bertz CT molecular complexity index is 951. The first-order chi connectivity index (χ1) is 12.4. The molecule has 1 N–H and O–H groups in total. The zero-order valence-corrected chi connectivity index (χ0v) is 13.9. The minimum absolute atomic E-state index is 0.0151. The quantitative estimate of drug-likeness (QED) is 0.727. The van der Waals surface area contributed by atoms with Gasteiger partial charge in [-0.3, -0.25) is 4.79 Å². The Morgan fingerprint density at radius 1 is 1.00 bits per heavy atom. The third-order valence-electron chi connectivity index (χ3n) is 4.02. The fourth-order valence-electron chi connectivity index (χ4n) is 2.70. The molecule has 0 aliphatic heterocycles. The van der Waals surface area contributed by atoms with Gasteiger partial charge in [0.25, 0.3) is 5.91 Å². The molecule has 1 amide bonds. The maximum absolute atomic E-state index is 12.8. The van der Waals surface area contributed by atoms with E-state index >= 15 is 0 Å². The number of amides is 1. The first kappa shape index (κ1) is 17.8. The van der Waals surface area contributed by atoms with Gasteiger partial charge < -0.3 is 10.1 Å². The van der Waals surface area contributed by atoms with Crippen LogP contribution in [0.3, 0.4) is 0 Å². The fourth-order valence-corrected chi connectivity index (χ4v) is 2.70. The number of carbonyl (C=O) groups excluding carboxylic acids is 1. The van der Waals surface area contributed by atoms with Gasteiger partial charge in [0.2, 0.25) is 0 Å². The predicted octanol–water partition coefficient (Wildman–Crippen LogP) is 4.80. The number of alkyl halides is 3. The highest BCUT2D eigenvalue weighted by Crippen LogP contribution is 2.30. The number of fused-ring (bicyclic) bond motifs is 1. The van der Waals surface area contributed by atoms with E-state index in [0.29, 0.717) is 16.9 Å². The van der Waals surface area contributed by atoms with E-state index in [2.05, 4.69) is 5.32 Å². The predicted molar refractivity (Wildman–Crippen MR) is 93.1 cm³/mol. The Morgan fingerprint density at radius 2 is 1.69 bits per heavy atom. The lowest BCUT2D eigenvalue weighted by Gasteiger charge is -2.12. The van der Waals surface area contributed by atoms with Gasteiger partial charge in [0.1, 0.15) is 5.75 Å². The minimum Gasteiger partial charge on any atom is -0.496 e. The third-order valence-corrected chi connectivity index (χ3v) is 4.02. The summed E-state index contributed by atoms with van der Waals surface area (Å²) < 4.78 is 43.6. The second-order valence-corrected chi connectivity index (χ2v) is 5.78. The van der Waals surface area contributed by atoms with Crippen molar-refractivity contribution in [2.24, 2.45) is 0 Å². The normalized spacial score (nSPS) is 11.4. The number of halogens is 3. The highest BCUT2D eigenvalue weighted by atomic mass is 19.4. The highest BCUT2D eigenvalue weighted by Gasteiger charge is 2.30. The third kappa shape index (κ3) is 3.79. The maximum Gasteiger partial charge on any atom is 0.416 e. The highest BCUT2D eigenvalue weighted by molar-refractivity contribution is 6.01. The number of ether oxygens (including phenoxy) is 1. The van der Waals surface area contributed by atoms with Gasteiger partial charge >= 0.3 is 6.18 Å². The number of methoxy groups -OCH3 is 1. The standard InChI is InChI=1S/C20H16F3NO2/c1-26-18-11-15-7-3-2-6-14(15)10-17(18)19(25)24-12-13-5-4-8-16(9-13)20(21,22)23/h2-11H,12H2,1H3,(H,24,25). The molecule has 3 aromatic carbocycles. The largest absolute Gasteiger partial charge is 0.496 e. The molecule has 0 radical (unpaired) electrons. The van der Waals surface area contributed by atoms with Crippen molar-refractivity contribution in [3.05, 3.63) is 77.4 Å². The lowest BCUT2D eigenvalue weighted by atomic mass is 10.0. The van der Waals surface area contributed by atoms with Gasteiger partial charge in [-0.1, -0.05) is 36.4 Å². The van der Waals surface area contributed by atoms with Crippen LogP contribution in [0.5, 0.6) is 5.75 Å². The topological polar surface area (TPSA) is 38.3 Å². The van der Waals surface area contributed by atoms with Gasteiger partial charge in [-0.2, -0.15) is 13.2 Å². The zero-order valence-electron chi connectivity index (χ0n) is 13.9. The van der Waals surface area contributed by atoms with Crippen LogP contribution < -0.4 is 10.1 Å². The second kappa shape index (κ2) is 7.07. The summed E-state index contributed by atoms with van der Waals surface area (Å²) in [5.41, 5.74) is -0.0429. The summed E-state index contributed by atoms with van der Waals surface area (Å²) in [7, 11) is 1.47. The van der Waals surface area contributed by atoms with Gasteiger partial charge in [0.05, 0.1) is 18.2 Å². The molecule has 0 saturated carbocycles. The second-order valence-electron chi connectivity index (χ2n) is 5.78. The molecule has 134 valence electrons. The molecule has 3 rings (SSSR count). The van der Waals surface area contributed by atoms with Crippen LogP contribution in [0.25, 0.3) is 10.8 Å². The molecule has 0 fully saturated rings. The summed E-state index contributed by atoms with van der Waals surface area (Å²) in [4.78, 5) is 12.5. The van der Waals surface area contributed by atoms with Crippen LogP contribution in [0.4, 0.5) is 13.2 Å². The SMILES string of the molecule is COc1cc2ccccc2cc1C(=O)NCc1cccc(C(F)(F)F)c1. The van der Waals surface area contributed by atoms with E-state index in [1.807, 2.05) is 24.3 Å². The Kier molecular flexibility index (Phi) is 4.84. The zero-order chi connectivity index (χ0) is 18.7. The fraction of sp³-hybridized carbons (Fsp3) is 0.150. The minimum atomic E-state index is -4.42. The molecule has 0 atom stereocenters. The van der Waals surface area contributed by atoms with Crippen LogP contribution >= 0.6 is 0 Å². The van der Waals surface area contributed by atoms with E-state index in [4.69, 9.17) is 4.74 Å². The molecular formula is C20H16F3NO2. The van der Waals surface area contributed by atoms with Crippen LogP contribution in [0, 0.1) is 0 Å². The van der Waals surface area contributed by atoms with Crippen molar-refractivity contribution in [3.63, 3.8) is 0 Å². The Hall–Kier alpha value is -3.02. The summed E-state index contributed by atoms with van der Waals surface area (Å²) in [6.45, 7) is -0.0151. The number of benzene rings is 3. The van der Waals surface area contributed by atoms with E-state index < -0.39 is 17.6 Å². The number of nitrogens with one attached hydrogen (secondary N) is 1. The monoisotopic (exact) mass is 359 g/mol. The molecule has 0 spiro atoms.